The Morgan fingerprint density at radius 3 is 2.54 bits per heavy atom. The number of aliphatic hydroxyl groups excluding tert-OH is 1. The molecule has 1 aromatic carbocycles. The van der Waals surface area contributed by atoms with E-state index in [9.17, 15) is 18.3 Å². The summed E-state index contributed by atoms with van der Waals surface area (Å²) in [6, 6.07) is 4.76. The fourth-order valence-electron chi connectivity index (χ4n) is 4.78. The predicted octanol–water partition coefficient (Wildman–Crippen LogP) is 2.45. The predicted molar refractivity (Wildman–Crippen MR) is 144 cm³/mol. The minimum atomic E-state index is -3.77. The highest BCUT2D eigenvalue weighted by atomic mass is 32.2. The third-order valence-electron chi connectivity index (χ3n) is 6.71. The molecule has 4 rings (SSSR count). The average Bonchev–Trinajstić information content (AvgIpc) is 3.26. The van der Waals surface area contributed by atoms with E-state index in [4.69, 9.17) is 9.72 Å². The smallest absolute Gasteiger partial charge is 0.275 e. The quantitative estimate of drug-likeness (QED) is 0.388. The number of nitrogens with zero attached hydrogens (tertiary/aromatic N) is 4. The van der Waals surface area contributed by atoms with Crippen LogP contribution in [0.3, 0.4) is 0 Å². The SMILES string of the molecule is CCCOc1ccc(S(=O)(=O)N2CCN(CCO)CC2)cc1-[14c]1nc2c(CCC)cn(CC)c2c(=O)[nH]1. The number of aromatic amines is 1. The monoisotopic (exact) mass is 533 g/mol. The standard InChI is InChI=1S/C26H37N5O5S/c1-4-7-19-18-30(6-3)24-23(19)27-25(28-26(24)33)21-17-20(8-9-22(21)36-16-5-2)37(34,35)31-12-10-29(11-13-31)14-15-32/h8-9,17-18,32H,4-7,10-16H2,1-3H3,(H,27,28,33)/i25+2. The Balaban J connectivity index is 1.79. The molecule has 0 unspecified atom stereocenters. The number of fused-ring (bicyclic) bond motifs is 1. The van der Waals surface area contributed by atoms with Crippen LogP contribution >= 0.6 is 0 Å². The van der Waals surface area contributed by atoms with Gasteiger partial charge in [0.05, 0.1) is 29.2 Å². The highest BCUT2D eigenvalue weighted by Crippen LogP contribution is 2.33. The molecule has 1 saturated heterocycles. The number of nitrogens with one attached hydrogen (secondary N) is 1. The summed E-state index contributed by atoms with van der Waals surface area (Å²) in [6.07, 6.45) is 4.46. The third-order valence-corrected chi connectivity index (χ3v) is 8.61. The van der Waals surface area contributed by atoms with Crippen molar-refractivity contribution in [3.05, 3.63) is 40.3 Å². The second-order valence-electron chi connectivity index (χ2n) is 9.28. The second-order valence-corrected chi connectivity index (χ2v) is 11.2. The summed E-state index contributed by atoms with van der Waals surface area (Å²) in [5.41, 5.74) is 2.33. The molecule has 0 amide bonds. The topological polar surface area (TPSA) is 121 Å². The molecule has 0 radical (unpaired) electrons. The first-order valence-corrected chi connectivity index (χ1v) is 14.5. The fourth-order valence-corrected chi connectivity index (χ4v) is 6.23. The van der Waals surface area contributed by atoms with Crippen LogP contribution in [0, 0.1) is 0 Å². The van der Waals surface area contributed by atoms with Crippen LogP contribution in [0.4, 0.5) is 0 Å². The molecular weight excluding hydrogens is 496 g/mol. The van der Waals surface area contributed by atoms with Crippen LogP contribution in [0.15, 0.2) is 34.1 Å². The van der Waals surface area contributed by atoms with Gasteiger partial charge in [-0.2, -0.15) is 4.31 Å². The Morgan fingerprint density at radius 1 is 1.14 bits per heavy atom. The van der Waals surface area contributed by atoms with E-state index in [2.05, 4.69) is 11.9 Å². The number of benzene rings is 1. The van der Waals surface area contributed by atoms with Gasteiger partial charge in [-0.15, -0.1) is 0 Å². The highest BCUT2D eigenvalue weighted by molar-refractivity contribution is 7.89. The first-order chi connectivity index (χ1) is 17.8. The maximum absolute atomic E-state index is 13.5. The summed E-state index contributed by atoms with van der Waals surface area (Å²) >= 11 is 0. The summed E-state index contributed by atoms with van der Waals surface area (Å²) in [6.45, 7) is 9.54. The van der Waals surface area contributed by atoms with E-state index in [-0.39, 0.29) is 17.1 Å². The van der Waals surface area contributed by atoms with Crippen molar-refractivity contribution in [2.75, 3.05) is 45.9 Å². The summed E-state index contributed by atoms with van der Waals surface area (Å²) < 4.78 is 36.4. The number of piperazine rings is 1. The van der Waals surface area contributed by atoms with Crippen molar-refractivity contribution in [1.29, 1.82) is 0 Å². The van der Waals surface area contributed by atoms with Crippen LogP contribution < -0.4 is 10.3 Å². The Labute approximate surface area is 217 Å². The number of ether oxygens (including phenoxy) is 1. The van der Waals surface area contributed by atoms with Crippen molar-refractivity contribution < 1.29 is 18.3 Å². The van der Waals surface area contributed by atoms with E-state index in [0.29, 0.717) is 74.0 Å². The number of rotatable bonds is 11. The van der Waals surface area contributed by atoms with E-state index < -0.39 is 10.0 Å². The minimum absolute atomic E-state index is 0.0481. The van der Waals surface area contributed by atoms with Crippen molar-refractivity contribution in [3.8, 4) is 17.1 Å². The summed E-state index contributed by atoms with van der Waals surface area (Å²) in [4.78, 5) is 23.1. The molecule has 10 nitrogen and oxygen atoms in total. The number of aliphatic hydroxyl groups is 1. The molecule has 37 heavy (non-hydrogen) atoms. The molecule has 3 aromatic rings. The van der Waals surface area contributed by atoms with Gasteiger partial charge in [0.1, 0.15) is 17.1 Å². The molecule has 2 aromatic heterocycles. The van der Waals surface area contributed by atoms with Crippen molar-refractivity contribution in [2.24, 2.45) is 0 Å². The summed E-state index contributed by atoms with van der Waals surface area (Å²) in [5, 5.41) is 9.18. The lowest BCUT2D eigenvalue weighted by atomic mass is 10.2. The maximum atomic E-state index is 13.5. The van der Waals surface area contributed by atoms with Crippen molar-refractivity contribution >= 4 is 21.1 Å². The Kier molecular flexibility index (Phi) is 8.68. The molecule has 1 aliphatic rings. The van der Waals surface area contributed by atoms with Gasteiger partial charge in [-0.1, -0.05) is 20.3 Å². The number of aryl methyl sites for hydroxylation is 2. The third kappa shape index (κ3) is 5.59. The van der Waals surface area contributed by atoms with Crippen LogP contribution in [0.2, 0.25) is 0 Å². The maximum Gasteiger partial charge on any atom is 0.275 e. The van der Waals surface area contributed by atoms with Gasteiger partial charge in [0.15, 0.2) is 0 Å². The number of hydrogen-bond donors (Lipinski definition) is 2. The molecule has 1 aliphatic heterocycles. The van der Waals surface area contributed by atoms with Crippen LogP contribution in [-0.2, 0) is 23.0 Å². The van der Waals surface area contributed by atoms with Gasteiger partial charge in [-0.05, 0) is 43.5 Å². The lowest BCUT2D eigenvalue weighted by Gasteiger charge is -2.33. The highest BCUT2D eigenvalue weighted by Gasteiger charge is 2.29. The molecule has 0 atom stereocenters. The van der Waals surface area contributed by atoms with Gasteiger partial charge in [0, 0.05) is 45.5 Å². The molecule has 11 heteroatoms. The number of H-pyrrole nitrogens is 1. The van der Waals surface area contributed by atoms with E-state index >= 15 is 0 Å². The molecule has 0 spiro atoms. The van der Waals surface area contributed by atoms with Crippen LogP contribution in [0.25, 0.3) is 22.4 Å². The lowest BCUT2D eigenvalue weighted by Crippen LogP contribution is -2.49. The van der Waals surface area contributed by atoms with E-state index in [1.165, 1.54) is 4.31 Å². The van der Waals surface area contributed by atoms with Gasteiger partial charge in [-0.3, -0.25) is 9.69 Å². The minimum Gasteiger partial charge on any atom is -0.493 e. The molecule has 2 N–H and O–H groups in total. The largest absolute Gasteiger partial charge is 0.493 e. The zero-order valence-electron chi connectivity index (χ0n) is 21.9. The number of aromatic nitrogens is 3. The zero-order valence-corrected chi connectivity index (χ0v) is 22.7. The normalized spacial score (nSPS) is 15.5. The molecule has 3 heterocycles. The summed E-state index contributed by atoms with van der Waals surface area (Å²) in [5.74, 6) is 0.766. The number of sulfonamides is 1. The molecule has 1 fully saturated rings. The Hall–Kier alpha value is -2.73. The van der Waals surface area contributed by atoms with Crippen LogP contribution in [0.5, 0.6) is 5.75 Å². The first kappa shape index (κ1) is 27.3. The van der Waals surface area contributed by atoms with Crippen molar-refractivity contribution in [3.63, 3.8) is 0 Å². The lowest BCUT2D eigenvalue weighted by molar-refractivity contribution is 0.151. The molecular formula is C26H37N5O5S. The van der Waals surface area contributed by atoms with Crippen LogP contribution in [-0.4, -0.2) is 83.2 Å². The van der Waals surface area contributed by atoms with E-state index in [1.807, 2.05) is 29.5 Å². The molecule has 0 aliphatic carbocycles. The number of β-amino-alcohol motifs (C(OH)–C–C–N with tert-alkyl or cyclic N) is 1. The van der Waals surface area contributed by atoms with Crippen molar-refractivity contribution in [1.82, 2.24) is 23.7 Å². The van der Waals surface area contributed by atoms with Gasteiger partial charge >= 0.3 is 0 Å². The molecule has 202 valence electrons. The van der Waals surface area contributed by atoms with Crippen molar-refractivity contribution in [2.45, 2.75) is 51.5 Å². The Bertz CT molecular complexity index is 1390. The molecule has 0 saturated carbocycles. The van der Waals surface area contributed by atoms with E-state index in [1.54, 1.807) is 18.2 Å². The zero-order chi connectivity index (χ0) is 26.6. The summed E-state index contributed by atoms with van der Waals surface area (Å²) in [7, 11) is -3.77. The van der Waals surface area contributed by atoms with Gasteiger partial charge in [-0.25, -0.2) is 13.4 Å². The Morgan fingerprint density at radius 2 is 1.89 bits per heavy atom. The van der Waals surface area contributed by atoms with Gasteiger partial charge < -0.3 is 19.4 Å². The first-order valence-electron chi connectivity index (χ1n) is 13.1. The average molecular weight is 534 g/mol. The van der Waals surface area contributed by atoms with Crippen LogP contribution in [0.1, 0.15) is 39.2 Å². The number of hydrogen-bond acceptors (Lipinski definition) is 7. The fraction of sp³-hybridized carbons (Fsp3) is 0.538. The van der Waals surface area contributed by atoms with Gasteiger partial charge in [0.2, 0.25) is 10.0 Å². The van der Waals surface area contributed by atoms with E-state index in [0.717, 1.165) is 24.8 Å². The second kappa shape index (κ2) is 11.8. The molecule has 0 bridgehead atoms. The van der Waals surface area contributed by atoms with Gasteiger partial charge in [0.25, 0.3) is 5.56 Å².